The molecule has 0 saturated carbocycles. The van der Waals surface area contributed by atoms with Crippen molar-refractivity contribution in [2.75, 3.05) is 13.1 Å². The number of hydrogen-bond acceptors (Lipinski definition) is 3. The zero-order chi connectivity index (χ0) is 20.8. The van der Waals surface area contributed by atoms with Gasteiger partial charge in [0.25, 0.3) is 0 Å². The van der Waals surface area contributed by atoms with Gasteiger partial charge in [-0.1, -0.05) is 49.7 Å². The lowest BCUT2D eigenvalue weighted by Gasteiger charge is -2.40. The molecule has 2 amide bonds. The summed E-state index contributed by atoms with van der Waals surface area (Å²) in [6.07, 6.45) is 5.59. The second-order valence-corrected chi connectivity index (χ2v) is 8.29. The summed E-state index contributed by atoms with van der Waals surface area (Å²) in [6, 6.07) is 11.3. The van der Waals surface area contributed by atoms with Crippen LogP contribution in [0.25, 0.3) is 0 Å². The number of benzene rings is 1. The van der Waals surface area contributed by atoms with Crippen molar-refractivity contribution in [3.8, 4) is 0 Å². The van der Waals surface area contributed by atoms with Crippen LogP contribution in [0.3, 0.4) is 0 Å². The highest BCUT2D eigenvalue weighted by Crippen LogP contribution is 2.22. The molecule has 2 aromatic rings. The summed E-state index contributed by atoms with van der Waals surface area (Å²) in [5.74, 6) is 0.0706. The molecule has 0 bridgehead atoms. The van der Waals surface area contributed by atoms with Gasteiger partial charge in [-0.25, -0.2) is 0 Å². The van der Waals surface area contributed by atoms with E-state index in [4.69, 9.17) is 11.6 Å². The summed E-state index contributed by atoms with van der Waals surface area (Å²) in [4.78, 5) is 33.8. The van der Waals surface area contributed by atoms with Gasteiger partial charge >= 0.3 is 0 Å². The fourth-order valence-corrected chi connectivity index (χ4v) is 3.96. The number of nitrogens with zero attached hydrogens (tertiary/aromatic N) is 3. The van der Waals surface area contributed by atoms with Crippen LogP contribution in [0, 0.1) is 5.92 Å². The molecule has 1 aromatic carbocycles. The summed E-state index contributed by atoms with van der Waals surface area (Å²) in [6.45, 7) is 5.63. The summed E-state index contributed by atoms with van der Waals surface area (Å²) in [5.41, 5.74) is 1.84. The molecule has 1 aliphatic rings. The van der Waals surface area contributed by atoms with Gasteiger partial charge in [-0.05, 0) is 36.1 Å². The number of likely N-dealkylation sites (tertiary alicyclic amines) is 1. The lowest BCUT2D eigenvalue weighted by atomic mass is 10.00. The van der Waals surface area contributed by atoms with E-state index >= 15 is 0 Å². The Morgan fingerprint density at radius 1 is 1.24 bits per heavy atom. The topological polar surface area (TPSA) is 53.5 Å². The van der Waals surface area contributed by atoms with Crippen LogP contribution in [0.1, 0.15) is 37.8 Å². The van der Waals surface area contributed by atoms with Crippen molar-refractivity contribution < 1.29 is 9.59 Å². The van der Waals surface area contributed by atoms with Crippen LogP contribution >= 0.6 is 11.6 Å². The van der Waals surface area contributed by atoms with Crippen molar-refractivity contribution in [1.82, 2.24) is 14.8 Å². The Morgan fingerprint density at radius 2 is 2.03 bits per heavy atom. The Labute approximate surface area is 177 Å². The standard InChI is InChI=1S/C23H28ClN3O2/c1-17(2)23(29)27(15-18-7-5-11-25-14-18)20-9-6-12-26(16-20)22(28)13-19-8-3-4-10-21(19)24/h3-5,7-8,10-11,14,17,20H,6,9,12-13,15-16H2,1-2H3. The number of pyridine rings is 1. The molecule has 0 radical (unpaired) electrons. The van der Waals surface area contributed by atoms with Crippen molar-refractivity contribution in [1.29, 1.82) is 0 Å². The normalized spacial score (nSPS) is 16.7. The average molecular weight is 414 g/mol. The molecule has 1 unspecified atom stereocenters. The quantitative estimate of drug-likeness (QED) is 0.720. The highest BCUT2D eigenvalue weighted by molar-refractivity contribution is 6.31. The molecule has 154 valence electrons. The third kappa shape index (κ3) is 5.57. The smallest absolute Gasteiger partial charge is 0.227 e. The van der Waals surface area contributed by atoms with Gasteiger partial charge in [0.2, 0.25) is 11.8 Å². The van der Waals surface area contributed by atoms with E-state index in [0.29, 0.717) is 18.1 Å². The van der Waals surface area contributed by atoms with E-state index in [9.17, 15) is 9.59 Å². The first-order valence-electron chi connectivity index (χ1n) is 10.2. The number of hydrogen-bond donors (Lipinski definition) is 0. The van der Waals surface area contributed by atoms with Crippen LogP contribution in [0.5, 0.6) is 0 Å². The third-order valence-electron chi connectivity index (χ3n) is 5.34. The molecule has 29 heavy (non-hydrogen) atoms. The number of carbonyl (C=O) groups is 2. The Kier molecular flexibility index (Phi) is 7.26. The Morgan fingerprint density at radius 3 is 2.72 bits per heavy atom. The number of carbonyl (C=O) groups excluding carboxylic acids is 2. The lowest BCUT2D eigenvalue weighted by molar-refractivity contribution is -0.142. The molecule has 1 fully saturated rings. The number of aromatic nitrogens is 1. The maximum atomic E-state index is 12.9. The Balaban J connectivity index is 1.72. The summed E-state index contributed by atoms with van der Waals surface area (Å²) in [7, 11) is 0. The minimum atomic E-state index is -0.0964. The lowest BCUT2D eigenvalue weighted by Crippen LogP contribution is -2.52. The van der Waals surface area contributed by atoms with Crippen LogP contribution in [0.15, 0.2) is 48.8 Å². The van der Waals surface area contributed by atoms with Gasteiger partial charge in [0, 0.05) is 49.0 Å². The highest BCUT2D eigenvalue weighted by Gasteiger charge is 2.31. The molecule has 0 N–H and O–H groups in total. The van der Waals surface area contributed by atoms with E-state index < -0.39 is 0 Å². The second-order valence-electron chi connectivity index (χ2n) is 7.89. The van der Waals surface area contributed by atoms with Gasteiger partial charge in [0.1, 0.15) is 0 Å². The van der Waals surface area contributed by atoms with E-state index in [2.05, 4.69) is 4.98 Å². The molecule has 0 spiro atoms. The van der Waals surface area contributed by atoms with E-state index in [1.807, 2.05) is 54.0 Å². The molecule has 3 rings (SSSR count). The maximum absolute atomic E-state index is 12.9. The number of amides is 2. The zero-order valence-electron chi connectivity index (χ0n) is 17.1. The van der Waals surface area contributed by atoms with Gasteiger partial charge in [0.05, 0.1) is 6.42 Å². The molecule has 1 aliphatic heterocycles. The van der Waals surface area contributed by atoms with Crippen molar-refractivity contribution in [2.24, 2.45) is 5.92 Å². The third-order valence-corrected chi connectivity index (χ3v) is 5.71. The fraction of sp³-hybridized carbons (Fsp3) is 0.435. The molecule has 5 nitrogen and oxygen atoms in total. The number of halogens is 1. The first kappa shape index (κ1) is 21.3. The Bertz CT molecular complexity index is 841. The minimum Gasteiger partial charge on any atom is -0.340 e. The van der Waals surface area contributed by atoms with Crippen molar-refractivity contribution in [2.45, 2.75) is 45.7 Å². The molecule has 1 aromatic heterocycles. The molecule has 1 atom stereocenters. The zero-order valence-corrected chi connectivity index (χ0v) is 17.8. The van der Waals surface area contributed by atoms with Gasteiger partial charge in [-0.3, -0.25) is 14.6 Å². The van der Waals surface area contributed by atoms with Gasteiger partial charge in [-0.15, -0.1) is 0 Å². The van der Waals surface area contributed by atoms with Gasteiger partial charge in [0.15, 0.2) is 0 Å². The molecule has 6 heteroatoms. The van der Waals surface area contributed by atoms with E-state index in [0.717, 1.165) is 30.5 Å². The number of rotatable bonds is 6. The molecule has 1 saturated heterocycles. The van der Waals surface area contributed by atoms with Gasteiger partial charge < -0.3 is 9.80 Å². The summed E-state index contributed by atoms with van der Waals surface area (Å²) < 4.78 is 0. The van der Waals surface area contributed by atoms with Crippen molar-refractivity contribution in [3.63, 3.8) is 0 Å². The monoisotopic (exact) mass is 413 g/mol. The average Bonchev–Trinajstić information content (AvgIpc) is 2.74. The molecule has 2 heterocycles. The van der Waals surface area contributed by atoms with E-state index in [1.165, 1.54) is 0 Å². The predicted molar refractivity (Wildman–Crippen MR) is 114 cm³/mol. The highest BCUT2D eigenvalue weighted by atomic mass is 35.5. The first-order valence-corrected chi connectivity index (χ1v) is 10.5. The first-order chi connectivity index (χ1) is 14.0. The van der Waals surface area contributed by atoms with Crippen LogP contribution in [0.2, 0.25) is 5.02 Å². The molecule has 0 aliphatic carbocycles. The summed E-state index contributed by atoms with van der Waals surface area (Å²) in [5, 5.41) is 0.614. The largest absolute Gasteiger partial charge is 0.340 e. The predicted octanol–water partition coefficient (Wildman–Crippen LogP) is 3.95. The van der Waals surface area contributed by atoms with Crippen LogP contribution in [-0.4, -0.2) is 45.7 Å². The SMILES string of the molecule is CC(C)C(=O)N(Cc1cccnc1)C1CCCN(C(=O)Cc2ccccc2Cl)C1. The second kappa shape index (κ2) is 9.88. The number of piperidine rings is 1. The van der Waals surface area contributed by atoms with E-state index in [1.54, 1.807) is 18.5 Å². The minimum absolute atomic E-state index is 0.00838. The molecular weight excluding hydrogens is 386 g/mol. The van der Waals surface area contributed by atoms with Crippen LogP contribution in [-0.2, 0) is 22.6 Å². The van der Waals surface area contributed by atoms with Crippen LogP contribution < -0.4 is 0 Å². The Hall–Kier alpha value is -2.40. The van der Waals surface area contributed by atoms with E-state index in [-0.39, 0.29) is 30.2 Å². The van der Waals surface area contributed by atoms with Gasteiger partial charge in [-0.2, -0.15) is 0 Å². The van der Waals surface area contributed by atoms with Crippen molar-refractivity contribution >= 4 is 23.4 Å². The maximum Gasteiger partial charge on any atom is 0.227 e. The molecular formula is C23H28ClN3O2. The van der Waals surface area contributed by atoms with Crippen LogP contribution in [0.4, 0.5) is 0 Å². The van der Waals surface area contributed by atoms with Crippen molar-refractivity contribution in [3.05, 3.63) is 64.9 Å². The summed E-state index contributed by atoms with van der Waals surface area (Å²) >= 11 is 6.22. The fourth-order valence-electron chi connectivity index (χ4n) is 3.76.